The molecule has 32 heavy (non-hydrogen) atoms. The number of carbonyl (C=O) groups excluding carboxylic acids is 3. The number of piperidine rings is 2. The van der Waals surface area contributed by atoms with Gasteiger partial charge in [0.25, 0.3) is 11.8 Å². The molecule has 1 aromatic carbocycles. The zero-order valence-corrected chi connectivity index (χ0v) is 18.8. The summed E-state index contributed by atoms with van der Waals surface area (Å²) in [4.78, 5) is 45.2. The van der Waals surface area contributed by atoms with Gasteiger partial charge in [-0.1, -0.05) is 37.5 Å². The first-order valence-electron chi connectivity index (χ1n) is 12.3. The van der Waals surface area contributed by atoms with Gasteiger partial charge in [0.15, 0.2) is 0 Å². The van der Waals surface area contributed by atoms with Crippen molar-refractivity contribution in [3.8, 4) is 0 Å². The van der Waals surface area contributed by atoms with E-state index in [1.54, 1.807) is 4.90 Å². The van der Waals surface area contributed by atoms with Crippen LogP contribution in [0.25, 0.3) is 0 Å². The van der Waals surface area contributed by atoms with Gasteiger partial charge in [-0.2, -0.15) is 0 Å². The average molecular weight is 439 g/mol. The minimum Gasteiger partial charge on any atom is -0.338 e. The number of rotatable bonds is 3. The molecule has 3 heterocycles. The lowest BCUT2D eigenvalue weighted by atomic mass is 9.86. The highest BCUT2D eigenvalue weighted by molar-refractivity contribution is 6.07. The van der Waals surface area contributed by atoms with Crippen LogP contribution in [0.5, 0.6) is 0 Å². The number of benzene rings is 1. The Balaban J connectivity index is 1.24. The maximum Gasteiger partial charge on any atom is 0.325 e. The summed E-state index contributed by atoms with van der Waals surface area (Å²) in [5, 5.41) is 3.04. The molecule has 1 aromatic rings. The van der Waals surface area contributed by atoms with Crippen LogP contribution >= 0.6 is 0 Å². The fourth-order valence-electron chi connectivity index (χ4n) is 6.14. The number of nitrogens with one attached hydrogen (secondary N) is 1. The first kappa shape index (κ1) is 21.4. The number of carbonyl (C=O) groups is 3. The Morgan fingerprint density at radius 2 is 1.56 bits per heavy atom. The van der Waals surface area contributed by atoms with Gasteiger partial charge in [-0.3, -0.25) is 19.4 Å². The third-order valence-corrected chi connectivity index (χ3v) is 8.00. The molecule has 172 valence electrons. The van der Waals surface area contributed by atoms with E-state index in [9.17, 15) is 14.4 Å². The summed E-state index contributed by atoms with van der Waals surface area (Å²) in [7, 11) is 0. The summed E-state index contributed by atoms with van der Waals surface area (Å²) in [5.74, 6) is -0.0886. The average Bonchev–Trinajstić information content (AvgIpc) is 3.09. The molecule has 4 aliphatic rings. The van der Waals surface area contributed by atoms with Crippen molar-refractivity contribution >= 4 is 17.8 Å². The van der Waals surface area contributed by atoms with Gasteiger partial charge in [-0.05, 0) is 57.2 Å². The molecule has 1 N–H and O–H groups in total. The Morgan fingerprint density at radius 1 is 0.875 bits per heavy atom. The Hall–Kier alpha value is -2.41. The number of hydrogen-bond donors (Lipinski definition) is 1. The fraction of sp³-hybridized carbons (Fsp3) is 0.640. The lowest BCUT2D eigenvalue weighted by Gasteiger charge is -2.42. The van der Waals surface area contributed by atoms with Gasteiger partial charge in [0.05, 0.1) is 6.04 Å². The van der Waals surface area contributed by atoms with E-state index in [1.165, 1.54) is 37.0 Å². The third-order valence-electron chi connectivity index (χ3n) is 8.00. The first-order chi connectivity index (χ1) is 15.6. The van der Waals surface area contributed by atoms with Gasteiger partial charge in [0.1, 0.15) is 5.54 Å². The summed E-state index contributed by atoms with van der Waals surface area (Å²) in [6.07, 6.45) is 9.25. The molecule has 3 aliphatic heterocycles. The summed E-state index contributed by atoms with van der Waals surface area (Å²) in [6, 6.07) is 9.57. The zero-order chi connectivity index (χ0) is 22.1. The van der Waals surface area contributed by atoms with Crippen molar-refractivity contribution < 1.29 is 14.4 Å². The Kier molecular flexibility index (Phi) is 5.93. The highest BCUT2D eigenvalue weighted by Gasteiger charge is 2.55. The molecule has 0 bridgehead atoms. The van der Waals surface area contributed by atoms with Crippen molar-refractivity contribution in [2.24, 2.45) is 0 Å². The van der Waals surface area contributed by atoms with Crippen LogP contribution in [0.4, 0.5) is 4.79 Å². The highest BCUT2D eigenvalue weighted by Crippen LogP contribution is 2.34. The lowest BCUT2D eigenvalue weighted by Crippen LogP contribution is -2.57. The predicted molar refractivity (Wildman–Crippen MR) is 121 cm³/mol. The quantitative estimate of drug-likeness (QED) is 0.737. The van der Waals surface area contributed by atoms with E-state index in [0.717, 1.165) is 25.9 Å². The van der Waals surface area contributed by atoms with Gasteiger partial charge in [-0.25, -0.2) is 4.79 Å². The maximum absolute atomic E-state index is 13.5. The lowest BCUT2D eigenvalue weighted by molar-refractivity contribution is -0.135. The minimum atomic E-state index is -0.850. The number of urea groups is 1. The second kappa shape index (κ2) is 8.85. The van der Waals surface area contributed by atoms with E-state index in [2.05, 4.69) is 10.2 Å². The van der Waals surface area contributed by atoms with E-state index in [4.69, 9.17) is 0 Å². The Labute approximate surface area is 190 Å². The first-order valence-corrected chi connectivity index (χ1v) is 12.3. The van der Waals surface area contributed by atoms with E-state index < -0.39 is 5.54 Å². The molecule has 1 saturated carbocycles. The normalized spacial score (nSPS) is 27.1. The van der Waals surface area contributed by atoms with Gasteiger partial charge in [0.2, 0.25) is 0 Å². The summed E-state index contributed by atoms with van der Waals surface area (Å²) in [5.41, 5.74) is -0.186. The van der Waals surface area contributed by atoms with Crippen LogP contribution in [0.3, 0.4) is 0 Å². The molecular formula is C25H34N4O3. The SMILES string of the molecule is O=C(c1ccccc1)N1CCC2(CC1)NC(=O)N([C@H]1CCCN(C3CCCCC3)C1)C2=O. The van der Waals surface area contributed by atoms with E-state index in [0.29, 0.717) is 37.5 Å². The summed E-state index contributed by atoms with van der Waals surface area (Å²) >= 11 is 0. The van der Waals surface area contributed by atoms with Crippen LogP contribution in [0, 0.1) is 0 Å². The highest BCUT2D eigenvalue weighted by atomic mass is 16.2. The standard InChI is InChI=1S/C25H34N4O3/c30-22(19-8-3-1-4-9-19)27-16-13-25(14-17-27)23(31)29(24(32)26-25)21-12-7-15-28(18-21)20-10-5-2-6-11-20/h1,3-4,8-9,20-21H,2,5-7,10-18H2,(H,26,32)/t21-/m0/s1. The van der Waals surface area contributed by atoms with E-state index in [1.807, 2.05) is 30.3 Å². The van der Waals surface area contributed by atoms with Crippen LogP contribution in [0.2, 0.25) is 0 Å². The van der Waals surface area contributed by atoms with E-state index >= 15 is 0 Å². The van der Waals surface area contributed by atoms with Gasteiger partial charge in [0, 0.05) is 31.2 Å². The third kappa shape index (κ3) is 3.91. The Bertz CT molecular complexity index is 859. The van der Waals surface area contributed by atoms with Crippen LogP contribution < -0.4 is 5.32 Å². The molecule has 1 aliphatic carbocycles. The van der Waals surface area contributed by atoms with Crippen LogP contribution in [-0.2, 0) is 4.79 Å². The number of imide groups is 1. The molecule has 1 atom stereocenters. The largest absolute Gasteiger partial charge is 0.338 e. The molecular weight excluding hydrogens is 404 g/mol. The molecule has 0 radical (unpaired) electrons. The van der Waals surface area contributed by atoms with Crippen molar-refractivity contribution in [1.29, 1.82) is 0 Å². The maximum atomic E-state index is 13.5. The molecule has 5 rings (SSSR count). The van der Waals surface area contributed by atoms with Gasteiger partial charge >= 0.3 is 6.03 Å². The van der Waals surface area contributed by atoms with Crippen molar-refractivity contribution in [1.82, 2.24) is 20.0 Å². The molecule has 3 saturated heterocycles. The fourth-order valence-corrected chi connectivity index (χ4v) is 6.14. The van der Waals surface area contributed by atoms with E-state index in [-0.39, 0.29) is 23.9 Å². The van der Waals surface area contributed by atoms with Crippen molar-refractivity contribution in [3.63, 3.8) is 0 Å². The number of nitrogens with zero attached hydrogens (tertiary/aromatic N) is 3. The van der Waals surface area contributed by atoms with Crippen molar-refractivity contribution in [3.05, 3.63) is 35.9 Å². The second-order valence-corrected chi connectivity index (χ2v) is 9.93. The summed E-state index contributed by atoms with van der Waals surface area (Å²) in [6.45, 7) is 2.84. The monoisotopic (exact) mass is 438 g/mol. The Morgan fingerprint density at radius 3 is 2.28 bits per heavy atom. The van der Waals surface area contributed by atoms with Crippen LogP contribution in [0.15, 0.2) is 30.3 Å². The van der Waals surface area contributed by atoms with Gasteiger partial charge < -0.3 is 10.2 Å². The smallest absolute Gasteiger partial charge is 0.325 e. The molecule has 4 fully saturated rings. The van der Waals surface area contributed by atoms with Crippen LogP contribution in [0.1, 0.15) is 68.1 Å². The van der Waals surface area contributed by atoms with Gasteiger partial charge in [-0.15, -0.1) is 0 Å². The topological polar surface area (TPSA) is 73.0 Å². The molecule has 1 spiro atoms. The van der Waals surface area contributed by atoms with Crippen molar-refractivity contribution in [2.45, 2.75) is 75.4 Å². The molecule has 0 unspecified atom stereocenters. The predicted octanol–water partition coefficient (Wildman–Crippen LogP) is 3.01. The molecule has 7 nitrogen and oxygen atoms in total. The number of likely N-dealkylation sites (tertiary alicyclic amines) is 2. The van der Waals surface area contributed by atoms with Crippen LogP contribution in [-0.4, -0.2) is 76.3 Å². The number of amides is 4. The van der Waals surface area contributed by atoms with Crippen molar-refractivity contribution in [2.75, 3.05) is 26.2 Å². The molecule has 7 heteroatoms. The minimum absolute atomic E-state index is 0.00974. The second-order valence-electron chi connectivity index (χ2n) is 9.93. The molecule has 4 amide bonds. The summed E-state index contributed by atoms with van der Waals surface area (Å²) < 4.78 is 0. The molecule has 0 aromatic heterocycles. The zero-order valence-electron chi connectivity index (χ0n) is 18.8. The number of hydrogen-bond acceptors (Lipinski definition) is 4.